The van der Waals surface area contributed by atoms with E-state index in [-0.39, 0.29) is 0 Å². The summed E-state index contributed by atoms with van der Waals surface area (Å²) < 4.78 is 6.99. The number of methoxy groups -OCH3 is 1. The van der Waals surface area contributed by atoms with Crippen LogP contribution in [0.15, 0.2) is 30.5 Å². The normalized spacial score (nSPS) is 12.4. The van der Waals surface area contributed by atoms with Crippen molar-refractivity contribution in [2.75, 3.05) is 7.11 Å². The third-order valence-corrected chi connectivity index (χ3v) is 3.23. The first-order chi connectivity index (χ1) is 9.15. The molecule has 1 heterocycles. The number of aryl methyl sites for hydroxylation is 1. The summed E-state index contributed by atoms with van der Waals surface area (Å²) >= 11 is 5.95. The summed E-state index contributed by atoms with van der Waals surface area (Å²) in [7, 11) is 1.58. The molecule has 0 saturated heterocycles. The topological polar surface area (TPSA) is 47.3 Å². The summed E-state index contributed by atoms with van der Waals surface area (Å²) in [6.45, 7) is 2.66. The van der Waals surface area contributed by atoms with Crippen LogP contribution in [0.2, 0.25) is 5.02 Å². The van der Waals surface area contributed by atoms with Crippen LogP contribution in [0.1, 0.15) is 24.3 Å². The fourth-order valence-electron chi connectivity index (χ4n) is 2.11. The molecule has 1 N–H and O–H groups in total. The van der Waals surface area contributed by atoms with Crippen LogP contribution in [-0.4, -0.2) is 22.0 Å². The Labute approximate surface area is 117 Å². The highest BCUT2D eigenvalue weighted by Crippen LogP contribution is 2.28. The van der Waals surface area contributed by atoms with Crippen LogP contribution < -0.4 is 4.74 Å². The molecule has 0 fully saturated rings. The van der Waals surface area contributed by atoms with Gasteiger partial charge in [0.25, 0.3) is 0 Å². The van der Waals surface area contributed by atoms with Gasteiger partial charge < -0.3 is 9.84 Å². The van der Waals surface area contributed by atoms with Gasteiger partial charge >= 0.3 is 0 Å². The molecule has 0 spiro atoms. The molecule has 0 radical (unpaired) electrons. The molecule has 2 rings (SSSR count). The minimum atomic E-state index is -0.670. The van der Waals surface area contributed by atoms with E-state index < -0.39 is 6.10 Å². The van der Waals surface area contributed by atoms with Crippen LogP contribution in [0.5, 0.6) is 5.75 Å². The third kappa shape index (κ3) is 3.08. The Hall–Kier alpha value is -1.52. The second kappa shape index (κ2) is 6.08. The van der Waals surface area contributed by atoms with E-state index in [0.29, 0.717) is 29.4 Å². The number of hydrogen-bond donors (Lipinski definition) is 1. The third-order valence-electron chi connectivity index (χ3n) is 3.00. The van der Waals surface area contributed by atoms with Crippen LogP contribution in [-0.2, 0) is 13.0 Å². The van der Waals surface area contributed by atoms with Crippen LogP contribution in [0.3, 0.4) is 0 Å². The Morgan fingerprint density at radius 2 is 2.26 bits per heavy atom. The average molecular weight is 281 g/mol. The molecule has 102 valence electrons. The van der Waals surface area contributed by atoms with Gasteiger partial charge in [-0.2, -0.15) is 5.10 Å². The fraction of sp³-hybridized carbons (Fsp3) is 0.357. The number of ether oxygens (including phenoxy) is 1. The number of aliphatic hydroxyl groups excluding tert-OH is 1. The first-order valence-corrected chi connectivity index (χ1v) is 6.55. The van der Waals surface area contributed by atoms with E-state index in [2.05, 4.69) is 5.10 Å². The minimum Gasteiger partial charge on any atom is -0.493 e. The second-order valence-electron chi connectivity index (χ2n) is 4.26. The first kappa shape index (κ1) is 13.9. The first-order valence-electron chi connectivity index (χ1n) is 6.18. The average Bonchev–Trinajstić information content (AvgIpc) is 2.81. The van der Waals surface area contributed by atoms with Gasteiger partial charge in [0.2, 0.25) is 0 Å². The Morgan fingerprint density at radius 3 is 2.89 bits per heavy atom. The number of halogens is 1. The van der Waals surface area contributed by atoms with Crippen molar-refractivity contribution in [3.8, 4) is 5.75 Å². The zero-order valence-corrected chi connectivity index (χ0v) is 11.8. The van der Waals surface area contributed by atoms with E-state index in [4.69, 9.17) is 16.3 Å². The van der Waals surface area contributed by atoms with Gasteiger partial charge in [0.1, 0.15) is 11.8 Å². The van der Waals surface area contributed by atoms with Crippen molar-refractivity contribution < 1.29 is 9.84 Å². The van der Waals surface area contributed by atoms with Gasteiger partial charge in [0.15, 0.2) is 5.75 Å². The van der Waals surface area contributed by atoms with Gasteiger partial charge in [0, 0.05) is 18.0 Å². The predicted molar refractivity (Wildman–Crippen MR) is 74.6 cm³/mol. The summed E-state index contributed by atoms with van der Waals surface area (Å²) in [6.07, 6.45) is 1.43. The number of hydrogen-bond acceptors (Lipinski definition) is 3. The number of aromatic nitrogens is 2. The second-order valence-corrected chi connectivity index (χ2v) is 4.70. The maximum absolute atomic E-state index is 10.4. The van der Waals surface area contributed by atoms with Gasteiger partial charge in [-0.25, -0.2) is 0 Å². The number of rotatable bonds is 5. The van der Waals surface area contributed by atoms with Gasteiger partial charge in [-0.15, -0.1) is 0 Å². The van der Waals surface area contributed by atoms with Gasteiger partial charge in [-0.05, 0) is 24.6 Å². The lowest BCUT2D eigenvalue weighted by Crippen LogP contribution is -2.11. The van der Waals surface area contributed by atoms with Crippen molar-refractivity contribution in [1.29, 1.82) is 0 Å². The molecule has 4 nitrogen and oxygen atoms in total. The Morgan fingerprint density at radius 1 is 1.47 bits per heavy atom. The van der Waals surface area contributed by atoms with E-state index in [9.17, 15) is 5.11 Å². The molecular formula is C14H17ClN2O2. The van der Waals surface area contributed by atoms with Crippen molar-refractivity contribution in [1.82, 2.24) is 9.78 Å². The Kier molecular flexibility index (Phi) is 4.45. The summed E-state index contributed by atoms with van der Waals surface area (Å²) in [5.41, 5.74) is 1.68. The van der Waals surface area contributed by atoms with Crippen LogP contribution in [0.25, 0.3) is 0 Å². The van der Waals surface area contributed by atoms with E-state index in [0.717, 1.165) is 5.56 Å². The van der Waals surface area contributed by atoms with Crippen LogP contribution in [0.4, 0.5) is 0 Å². The summed E-state index contributed by atoms with van der Waals surface area (Å²) in [4.78, 5) is 0. The molecule has 5 heteroatoms. The molecule has 1 atom stereocenters. The molecule has 0 aliphatic rings. The maximum atomic E-state index is 10.4. The van der Waals surface area contributed by atoms with Crippen molar-refractivity contribution in [2.45, 2.75) is 26.0 Å². The highest BCUT2D eigenvalue weighted by atomic mass is 35.5. The Balaban J connectivity index is 2.24. The number of aliphatic hydroxyl groups is 1. The zero-order chi connectivity index (χ0) is 13.8. The lowest BCUT2D eigenvalue weighted by molar-refractivity contribution is 0.162. The van der Waals surface area contributed by atoms with Crippen molar-refractivity contribution in [2.24, 2.45) is 0 Å². The standard InChI is InChI=1S/C14H17ClN2O2/c1-3-17-14(13(19-2)9-16-17)12(18)8-10-5-4-6-11(15)7-10/h4-7,9,12,18H,3,8H2,1-2H3. The maximum Gasteiger partial charge on any atom is 0.162 e. The van der Waals surface area contributed by atoms with E-state index >= 15 is 0 Å². The molecular weight excluding hydrogens is 264 g/mol. The molecule has 0 aliphatic carbocycles. The number of nitrogens with zero attached hydrogens (tertiary/aromatic N) is 2. The molecule has 1 unspecified atom stereocenters. The van der Waals surface area contributed by atoms with Gasteiger partial charge in [-0.3, -0.25) is 4.68 Å². The predicted octanol–water partition coefficient (Wildman–Crippen LogP) is 2.84. The van der Waals surface area contributed by atoms with Crippen molar-refractivity contribution >= 4 is 11.6 Å². The minimum absolute atomic E-state index is 0.475. The zero-order valence-electron chi connectivity index (χ0n) is 11.0. The van der Waals surface area contributed by atoms with E-state index in [1.54, 1.807) is 18.0 Å². The quantitative estimate of drug-likeness (QED) is 0.916. The summed E-state index contributed by atoms with van der Waals surface area (Å²) in [5.74, 6) is 0.608. The lowest BCUT2D eigenvalue weighted by atomic mass is 10.1. The highest BCUT2D eigenvalue weighted by Gasteiger charge is 2.19. The van der Waals surface area contributed by atoms with E-state index in [1.807, 2.05) is 31.2 Å². The summed E-state index contributed by atoms with van der Waals surface area (Å²) in [6, 6.07) is 7.48. The molecule has 1 aromatic carbocycles. The SMILES string of the molecule is CCn1ncc(OC)c1C(O)Cc1cccc(Cl)c1. The molecule has 0 bridgehead atoms. The molecule has 1 aromatic heterocycles. The van der Waals surface area contributed by atoms with E-state index in [1.165, 1.54) is 0 Å². The van der Waals surface area contributed by atoms with Crippen molar-refractivity contribution in [3.63, 3.8) is 0 Å². The van der Waals surface area contributed by atoms with Gasteiger partial charge in [0.05, 0.1) is 13.3 Å². The van der Waals surface area contributed by atoms with Crippen molar-refractivity contribution in [3.05, 3.63) is 46.7 Å². The molecule has 0 saturated carbocycles. The smallest absolute Gasteiger partial charge is 0.162 e. The Bertz CT molecular complexity index is 533. The largest absolute Gasteiger partial charge is 0.493 e. The molecule has 2 aromatic rings. The molecule has 0 amide bonds. The number of benzene rings is 1. The summed E-state index contributed by atoms with van der Waals surface area (Å²) in [5, 5.41) is 15.3. The monoisotopic (exact) mass is 280 g/mol. The van der Waals surface area contributed by atoms with Crippen LogP contribution in [0, 0.1) is 0 Å². The van der Waals surface area contributed by atoms with Crippen LogP contribution >= 0.6 is 11.6 Å². The lowest BCUT2D eigenvalue weighted by Gasteiger charge is -2.14. The van der Waals surface area contributed by atoms with Gasteiger partial charge in [-0.1, -0.05) is 23.7 Å². The molecule has 19 heavy (non-hydrogen) atoms. The fourth-order valence-corrected chi connectivity index (χ4v) is 2.32. The highest BCUT2D eigenvalue weighted by molar-refractivity contribution is 6.30. The molecule has 0 aliphatic heterocycles.